The van der Waals surface area contributed by atoms with Crippen molar-refractivity contribution >= 4 is 28.8 Å². The number of rotatable bonds is 5. The van der Waals surface area contributed by atoms with E-state index in [1.54, 1.807) is 22.7 Å². The summed E-state index contributed by atoms with van der Waals surface area (Å²) in [5.74, 6) is -0.291. The standard InChI is InChI=1S/C19H22ClN5O2/c1-5-21-16-8-13(20)7-14(11(16)3)18(26)22-9-15-12(4)25-17(23-19(15)27)6-10(2)24-25/h6-8,21,24H,5,9H2,1-4H3,(H,22,26). The number of carbonyl (C=O) groups is 1. The quantitative estimate of drug-likeness (QED) is 0.627. The van der Waals surface area contributed by atoms with Gasteiger partial charge in [-0.15, -0.1) is 0 Å². The number of carbonyl (C=O) groups excluding carboxylic acids is 1. The number of aromatic amines is 1. The molecule has 142 valence electrons. The number of fused-ring (bicyclic) bond motifs is 1. The summed E-state index contributed by atoms with van der Waals surface area (Å²) in [5, 5.41) is 9.61. The van der Waals surface area contributed by atoms with Gasteiger partial charge in [0.25, 0.3) is 11.5 Å². The average molecular weight is 388 g/mol. The van der Waals surface area contributed by atoms with Crippen LogP contribution in [-0.4, -0.2) is 27.0 Å². The van der Waals surface area contributed by atoms with Crippen LogP contribution in [0.5, 0.6) is 0 Å². The lowest BCUT2D eigenvalue weighted by Gasteiger charge is -2.14. The first-order valence-corrected chi connectivity index (χ1v) is 9.09. The van der Waals surface area contributed by atoms with Crippen LogP contribution in [-0.2, 0) is 6.54 Å². The van der Waals surface area contributed by atoms with E-state index in [0.29, 0.717) is 21.8 Å². The first-order valence-electron chi connectivity index (χ1n) is 8.72. The van der Waals surface area contributed by atoms with Gasteiger partial charge in [0.15, 0.2) is 5.65 Å². The highest BCUT2D eigenvalue weighted by atomic mass is 35.5. The summed E-state index contributed by atoms with van der Waals surface area (Å²) in [6, 6.07) is 5.22. The third-order valence-electron chi connectivity index (χ3n) is 4.52. The fourth-order valence-corrected chi connectivity index (χ4v) is 3.30. The van der Waals surface area contributed by atoms with Gasteiger partial charge in [0, 0.05) is 40.3 Å². The molecule has 0 unspecified atom stereocenters. The summed E-state index contributed by atoms with van der Waals surface area (Å²) in [5.41, 5.74) is 4.37. The van der Waals surface area contributed by atoms with Crippen molar-refractivity contribution < 1.29 is 4.79 Å². The predicted octanol–water partition coefficient (Wildman–Crippen LogP) is 2.96. The van der Waals surface area contributed by atoms with Gasteiger partial charge in [0.05, 0.1) is 12.1 Å². The minimum atomic E-state index is -0.344. The summed E-state index contributed by atoms with van der Waals surface area (Å²) in [6.07, 6.45) is 0. The zero-order chi connectivity index (χ0) is 19.7. The first-order chi connectivity index (χ1) is 12.8. The summed E-state index contributed by atoms with van der Waals surface area (Å²) >= 11 is 6.15. The molecule has 3 rings (SSSR count). The van der Waals surface area contributed by atoms with E-state index in [1.807, 2.05) is 27.7 Å². The van der Waals surface area contributed by atoms with Crippen LogP contribution in [0.15, 0.2) is 23.0 Å². The van der Waals surface area contributed by atoms with Crippen LogP contribution < -0.4 is 16.2 Å². The SMILES string of the molecule is CCNc1cc(Cl)cc(C(=O)NCc2c(C)n3[nH]c(C)cc3nc2=O)c1C. The number of amides is 1. The Bertz CT molecular complexity index is 1080. The lowest BCUT2D eigenvalue weighted by Crippen LogP contribution is -2.29. The van der Waals surface area contributed by atoms with Crippen LogP contribution in [0.2, 0.25) is 5.02 Å². The molecule has 0 spiro atoms. The van der Waals surface area contributed by atoms with E-state index in [4.69, 9.17) is 11.6 Å². The molecule has 0 saturated carbocycles. The topological polar surface area (TPSA) is 91.3 Å². The molecule has 0 aliphatic carbocycles. The van der Waals surface area contributed by atoms with E-state index in [9.17, 15) is 9.59 Å². The second-order valence-electron chi connectivity index (χ2n) is 6.45. The Hall–Kier alpha value is -2.80. The van der Waals surface area contributed by atoms with E-state index < -0.39 is 0 Å². The maximum absolute atomic E-state index is 12.7. The molecule has 0 fully saturated rings. The fourth-order valence-electron chi connectivity index (χ4n) is 3.08. The lowest BCUT2D eigenvalue weighted by atomic mass is 10.1. The molecule has 0 bridgehead atoms. The highest BCUT2D eigenvalue weighted by Crippen LogP contribution is 2.25. The molecular formula is C19H22ClN5O2. The van der Waals surface area contributed by atoms with Crippen molar-refractivity contribution in [1.29, 1.82) is 0 Å². The zero-order valence-electron chi connectivity index (χ0n) is 15.7. The van der Waals surface area contributed by atoms with E-state index in [0.717, 1.165) is 29.2 Å². The fraction of sp³-hybridized carbons (Fsp3) is 0.316. The Balaban J connectivity index is 1.88. The van der Waals surface area contributed by atoms with Gasteiger partial charge in [0.2, 0.25) is 0 Å². The van der Waals surface area contributed by atoms with Crippen molar-refractivity contribution in [3.8, 4) is 0 Å². The Morgan fingerprint density at radius 2 is 2.00 bits per heavy atom. The first kappa shape index (κ1) is 19.0. The van der Waals surface area contributed by atoms with Gasteiger partial charge < -0.3 is 10.6 Å². The van der Waals surface area contributed by atoms with E-state index >= 15 is 0 Å². The minimum absolute atomic E-state index is 0.0833. The number of benzene rings is 1. The number of nitrogens with zero attached hydrogens (tertiary/aromatic N) is 2. The second kappa shape index (κ2) is 7.44. The molecule has 0 aliphatic heterocycles. The van der Waals surface area contributed by atoms with Crippen molar-refractivity contribution in [1.82, 2.24) is 19.9 Å². The highest BCUT2D eigenvalue weighted by Gasteiger charge is 2.16. The van der Waals surface area contributed by atoms with E-state index in [1.165, 1.54) is 0 Å². The molecule has 0 radical (unpaired) electrons. The molecule has 1 amide bonds. The Morgan fingerprint density at radius 3 is 2.70 bits per heavy atom. The number of halogens is 1. The predicted molar refractivity (Wildman–Crippen MR) is 107 cm³/mol. The van der Waals surface area contributed by atoms with Crippen LogP contribution in [0, 0.1) is 20.8 Å². The van der Waals surface area contributed by atoms with E-state index in [2.05, 4.69) is 20.7 Å². The van der Waals surface area contributed by atoms with Gasteiger partial charge in [-0.25, -0.2) is 4.52 Å². The number of nitrogens with one attached hydrogen (secondary N) is 3. The molecule has 7 nitrogen and oxygen atoms in total. The maximum atomic E-state index is 12.7. The van der Waals surface area contributed by atoms with E-state index in [-0.39, 0.29) is 18.0 Å². The van der Waals surface area contributed by atoms with Crippen molar-refractivity contribution in [2.75, 3.05) is 11.9 Å². The van der Waals surface area contributed by atoms with Gasteiger partial charge in [-0.1, -0.05) is 11.6 Å². The van der Waals surface area contributed by atoms with Crippen LogP contribution >= 0.6 is 11.6 Å². The molecule has 3 aromatic rings. The smallest absolute Gasteiger partial charge is 0.278 e. The monoisotopic (exact) mass is 387 g/mol. The van der Waals surface area contributed by atoms with Crippen LogP contribution in [0.3, 0.4) is 0 Å². The maximum Gasteiger partial charge on any atom is 0.278 e. The Morgan fingerprint density at radius 1 is 1.26 bits per heavy atom. The van der Waals surface area contributed by atoms with Crippen molar-refractivity contribution in [2.45, 2.75) is 34.2 Å². The number of hydrogen-bond donors (Lipinski definition) is 3. The molecule has 0 atom stereocenters. The molecule has 2 aromatic heterocycles. The Labute approximate surface area is 161 Å². The van der Waals surface area contributed by atoms with Gasteiger partial charge in [0.1, 0.15) is 0 Å². The molecule has 0 aliphatic rings. The largest absolute Gasteiger partial charge is 0.385 e. The molecule has 27 heavy (non-hydrogen) atoms. The van der Waals surface area contributed by atoms with Crippen molar-refractivity contribution in [3.05, 3.63) is 61.7 Å². The van der Waals surface area contributed by atoms with Gasteiger partial charge in [-0.2, -0.15) is 4.98 Å². The minimum Gasteiger partial charge on any atom is -0.385 e. The van der Waals surface area contributed by atoms with Gasteiger partial charge in [-0.3, -0.25) is 14.7 Å². The summed E-state index contributed by atoms with van der Waals surface area (Å²) in [6.45, 7) is 8.35. The Kier molecular flexibility index (Phi) is 5.23. The van der Waals surface area contributed by atoms with Crippen molar-refractivity contribution in [2.24, 2.45) is 0 Å². The van der Waals surface area contributed by atoms with Crippen LogP contribution in [0.4, 0.5) is 5.69 Å². The summed E-state index contributed by atoms with van der Waals surface area (Å²) in [7, 11) is 0. The number of aromatic nitrogens is 3. The summed E-state index contributed by atoms with van der Waals surface area (Å²) in [4.78, 5) is 29.1. The number of hydrogen-bond acceptors (Lipinski definition) is 4. The average Bonchev–Trinajstić information content (AvgIpc) is 2.98. The zero-order valence-corrected chi connectivity index (χ0v) is 16.5. The number of aryl methyl sites for hydroxylation is 2. The molecule has 0 saturated heterocycles. The van der Waals surface area contributed by atoms with Gasteiger partial charge >= 0.3 is 0 Å². The summed E-state index contributed by atoms with van der Waals surface area (Å²) < 4.78 is 1.74. The molecule has 2 heterocycles. The molecule has 1 aromatic carbocycles. The molecular weight excluding hydrogens is 366 g/mol. The van der Waals surface area contributed by atoms with Crippen LogP contribution in [0.25, 0.3) is 5.65 Å². The molecule has 3 N–H and O–H groups in total. The normalized spacial score (nSPS) is 11.0. The number of anilines is 1. The third kappa shape index (κ3) is 3.68. The van der Waals surface area contributed by atoms with Gasteiger partial charge in [-0.05, 0) is 45.4 Å². The number of H-pyrrole nitrogens is 1. The highest BCUT2D eigenvalue weighted by molar-refractivity contribution is 6.31. The second-order valence-corrected chi connectivity index (χ2v) is 6.89. The van der Waals surface area contributed by atoms with Crippen LogP contribution in [0.1, 0.15) is 39.8 Å². The third-order valence-corrected chi connectivity index (χ3v) is 4.74. The molecule has 8 heteroatoms. The van der Waals surface area contributed by atoms with Crippen molar-refractivity contribution in [3.63, 3.8) is 0 Å². The lowest BCUT2D eigenvalue weighted by molar-refractivity contribution is 0.0950.